The monoisotopic (exact) mass is 294 g/mol. The fourth-order valence-electron chi connectivity index (χ4n) is 2.31. The maximum absolute atomic E-state index is 12.0. The van der Waals surface area contributed by atoms with Crippen LogP contribution in [0, 0.1) is 6.92 Å². The Balaban J connectivity index is 2.30. The molecule has 0 saturated heterocycles. The van der Waals surface area contributed by atoms with Gasteiger partial charge in [-0.15, -0.1) is 0 Å². The summed E-state index contributed by atoms with van der Waals surface area (Å²) < 4.78 is 5.38. The number of esters is 1. The van der Waals surface area contributed by atoms with Crippen molar-refractivity contribution in [2.75, 3.05) is 0 Å². The number of hydrogen-bond acceptors (Lipinski definition) is 2. The molecule has 0 unspecified atom stereocenters. The van der Waals surface area contributed by atoms with Gasteiger partial charge >= 0.3 is 5.97 Å². The third-order valence-corrected chi connectivity index (χ3v) is 3.43. The van der Waals surface area contributed by atoms with Crippen LogP contribution in [-0.4, -0.2) is 11.6 Å². The largest absolute Gasteiger partial charge is 0.456 e. The summed E-state index contributed by atoms with van der Waals surface area (Å²) >= 11 is 0. The third kappa shape index (κ3) is 3.64. The van der Waals surface area contributed by atoms with Gasteiger partial charge < -0.3 is 4.74 Å². The van der Waals surface area contributed by atoms with Crippen molar-refractivity contribution in [2.45, 2.75) is 33.3 Å². The van der Waals surface area contributed by atoms with Crippen molar-refractivity contribution in [3.05, 3.63) is 65.7 Å². The van der Waals surface area contributed by atoms with Gasteiger partial charge in [0.25, 0.3) is 0 Å². The van der Waals surface area contributed by atoms with Crippen molar-refractivity contribution in [1.29, 1.82) is 0 Å². The van der Waals surface area contributed by atoms with E-state index in [2.05, 4.69) is 19.6 Å². The Morgan fingerprint density at radius 2 is 1.73 bits per heavy atom. The molecule has 0 aliphatic heterocycles. The highest BCUT2D eigenvalue weighted by atomic mass is 16.6. The Morgan fingerprint density at radius 1 is 1.09 bits per heavy atom. The van der Waals surface area contributed by atoms with Crippen LogP contribution < -0.4 is 0 Å². The molecule has 0 saturated carbocycles. The Labute approximate surface area is 132 Å². The van der Waals surface area contributed by atoms with Crippen LogP contribution in [0.2, 0.25) is 0 Å². The fourth-order valence-corrected chi connectivity index (χ4v) is 2.31. The number of benzene rings is 2. The minimum Gasteiger partial charge on any atom is -0.456 e. The minimum absolute atomic E-state index is 0.296. The summed E-state index contributed by atoms with van der Waals surface area (Å²) in [7, 11) is 0. The number of rotatable bonds is 3. The topological polar surface area (TPSA) is 26.3 Å². The molecule has 0 heterocycles. The summed E-state index contributed by atoms with van der Waals surface area (Å²) in [6.07, 6.45) is 1.86. The lowest BCUT2D eigenvalue weighted by Gasteiger charge is -2.19. The van der Waals surface area contributed by atoms with Gasteiger partial charge in [-0.1, -0.05) is 43.0 Å². The Kier molecular flexibility index (Phi) is 4.51. The van der Waals surface area contributed by atoms with E-state index in [4.69, 9.17) is 4.74 Å². The zero-order valence-electron chi connectivity index (χ0n) is 13.6. The first-order valence-electron chi connectivity index (χ1n) is 7.37. The molecule has 2 aromatic carbocycles. The molecule has 22 heavy (non-hydrogen) atoms. The zero-order chi connectivity index (χ0) is 16.3. The third-order valence-electron chi connectivity index (χ3n) is 3.43. The molecule has 2 heteroatoms. The van der Waals surface area contributed by atoms with Gasteiger partial charge in [0.2, 0.25) is 0 Å². The van der Waals surface area contributed by atoms with Gasteiger partial charge in [0, 0.05) is 0 Å². The van der Waals surface area contributed by atoms with Gasteiger partial charge in [0.05, 0.1) is 5.56 Å². The van der Waals surface area contributed by atoms with Crippen molar-refractivity contribution >= 4 is 12.0 Å². The SMILES string of the molecule is C=Cc1cccc(-c2ccc(C(=O)OC(C)(C)C)cc2)c1C. The van der Waals surface area contributed by atoms with Crippen LogP contribution in [0.15, 0.2) is 49.0 Å². The molecule has 0 fully saturated rings. The lowest BCUT2D eigenvalue weighted by atomic mass is 9.96. The molecule has 0 amide bonds. The van der Waals surface area contributed by atoms with Crippen molar-refractivity contribution in [1.82, 2.24) is 0 Å². The van der Waals surface area contributed by atoms with Gasteiger partial charge in [0.1, 0.15) is 5.60 Å². The van der Waals surface area contributed by atoms with Gasteiger partial charge in [-0.3, -0.25) is 0 Å². The van der Waals surface area contributed by atoms with Crippen molar-refractivity contribution < 1.29 is 9.53 Å². The van der Waals surface area contributed by atoms with E-state index in [1.807, 2.05) is 63.2 Å². The zero-order valence-corrected chi connectivity index (χ0v) is 13.6. The van der Waals surface area contributed by atoms with E-state index in [9.17, 15) is 4.79 Å². The second kappa shape index (κ2) is 6.18. The predicted molar refractivity (Wildman–Crippen MR) is 91.9 cm³/mol. The van der Waals surface area contributed by atoms with Gasteiger partial charge in [-0.05, 0) is 62.1 Å². The van der Waals surface area contributed by atoms with Crippen molar-refractivity contribution in [3.63, 3.8) is 0 Å². The first-order chi connectivity index (χ1) is 10.3. The van der Waals surface area contributed by atoms with E-state index in [-0.39, 0.29) is 5.97 Å². The summed E-state index contributed by atoms with van der Waals surface area (Å²) in [6, 6.07) is 13.7. The second-order valence-corrected chi connectivity index (χ2v) is 6.30. The smallest absolute Gasteiger partial charge is 0.338 e. The first kappa shape index (κ1) is 16.0. The molecule has 2 rings (SSSR count). The maximum Gasteiger partial charge on any atom is 0.338 e. The molecule has 0 aliphatic carbocycles. The van der Waals surface area contributed by atoms with Crippen molar-refractivity contribution in [3.8, 4) is 11.1 Å². The maximum atomic E-state index is 12.0. The van der Waals surface area contributed by atoms with Crippen LogP contribution in [0.1, 0.15) is 42.3 Å². The van der Waals surface area contributed by atoms with E-state index in [0.29, 0.717) is 5.56 Å². The molecule has 0 atom stereocenters. The molecule has 0 spiro atoms. The molecule has 2 aromatic rings. The standard InChI is InChI=1S/C20H22O2/c1-6-15-8-7-9-18(14(15)2)16-10-12-17(13-11-16)19(21)22-20(3,4)5/h6-13H,1H2,2-5H3. The Morgan fingerprint density at radius 3 is 2.27 bits per heavy atom. The van der Waals surface area contributed by atoms with Gasteiger partial charge in [0.15, 0.2) is 0 Å². The normalized spacial score (nSPS) is 11.1. The van der Waals surface area contributed by atoms with Gasteiger partial charge in [-0.2, -0.15) is 0 Å². The molecular formula is C20H22O2. The van der Waals surface area contributed by atoms with Crippen LogP contribution in [0.4, 0.5) is 0 Å². The molecule has 0 bridgehead atoms. The lowest BCUT2D eigenvalue weighted by molar-refractivity contribution is 0.00696. The summed E-state index contributed by atoms with van der Waals surface area (Å²) in [5.74, 6) is -0.296. The molecule has 0 aromatic heterocycles. The number of ether oxygens (including phenoxy) is 1. The van der Waals surface area contributed by atoms with Crippen LogP contribution >= 0.6 is 0 Å². The molecular weight excluding hydrogens is 272 g/mol. The number of carbonyl (C=O) groups is 1. The molecule has 114 valence electrons. The Hall–Kier alpha value is -2.35. The summed E-state index contributed by atoms with van der Waals surface area (Å²) in [5, 5.41) is 0. The quantitative estimate of drug-likeness (QED) is 0.722. The van der Waals surface area contributed by atoms with E-state index in [1.165, 1.54) is 5.56 Å². The van der Waals surface area contributed by atoms with Crippen LogP contribution in [0.25, 0.3) is 17.2 Å². The summed E-state index contributed by atoms with van der Waals surface area (Å²) in [4.78, 5) is 12.0. The average molecular weight is 294 g/mol. The van der Waals surface area contributed by atoms with E-state index in [0.717, 1.165) is 16.7 Å². The van der Waals surface area contributed by atoms with Crippen molar-refractivity contribution in [2.24, 2.45) is 0 Å². The minimum atomic E-state index is -0.482. The lowest BCUT2D eigenvalue weighted by Crippen LogP contribution is -2.23. The van der Waals surface area contributed by atoms with Crippen LogP contribution in [0.5, 0.6) is 0 Å². The second-order valence-electron chi connectivity index (χ2n) is 6.30. The molecule has 0 aliphatic rings. The molecule has 0 N–H and O–H groups in total. The summed E-state index contributed by atoms with van der Waals surface area (Å²) in [5.41, 5.74) is 4.61. The Bertz CT molecular complexity index is 689. The van der Waals surface area contributed by atoms with E-state index < -0.39 is 5.60 Å². The van der Waals surface area contributed by atoms with Crippen LogP contribution in [0.3, 0.4) is 0 Å². The highest BCUT2D eigenvalue weighted by Crippen LogP contribution is 2.27. The molecule has 2 nitrogen and oxygen atoms in total. The molecule has 0 radical (unpaired) electrons. The predicted octanol–water partition coefficient (Wildman–Crippen LogP) is 5.26. The van der Waals surface area contributed by atoms with E-state index in [1.54, 1.807) is 0 Å². The first-order valence-corrected chi connectivity index (χ1v) is 7.37. The number of hydrogen-bond donors (Lipinski definition) is 0. The fraction of sp³-hybridized carbons (Fsp3) is 0.250. The van der Waals surface area contributed by atoms with E-state index >= 15 is 0 Å². The highest BCUT2D eigenvalue weighted by Gasteiger charge is 2.17. The summed E-state index contributed by atoms with van der Waals surface area (Å²) in [6.45, 7) is 11.5. The number of carbonyl (C=O) groups excluding carboxylic acids is 1. The highest BCUT2D eigenvalue weighted by molar-refractivity contribution is 5.90. The van der Waals surface area contributed by atoms with Gasteiger partial charge in [-0.25, -0.2) is 4.79 Å². The van der Waals surface area contributed by atoms with Crippen LogP contribution in [-0.2, 0) is 4.74 Å². The average Bonchev–Trinajstić information content (AvgIpc) is 2.46.